The van der Waals surface area contributed by atoms with Crippen molar-refractivity contribution in [3.8, 4) is 0 Å². The van der Waals surface area contributed by atoms with Gasteiger partial charge in [0.25, 0.3) is 0 Å². The van der Waals surface area contributed by atoms with Crippen LogP contribution in [0.2, 0.25) is 0 Å². The highest BCUT2D eigenvalue weighted by Gasteiger charge is 2.26. The highest BCUT2D eigenvalue weighted by molar-refractivity contribution is 9.10. The van der Waals surface area contributed by atoms with Crippen LogP contribution in [0.25, 0.3) is 0 Å². The van der Waals surface area contributed by atoms with Crippen molar-refractivity contribution < 1.29 is 14.6 Å². The Labute approximate surface area is 162 Å². The molecule has 0 saturated carbocycles. The van der Waals surface area contributed by atoms with Crippen LogP contribution >= 0.6 is 27.7 Å². The number of hydrogen-bond donors (Lipinski definition) is 3. The number of nitrogens with one attached hydrogen (secondary N) is 2. The zero-order valence-electron chi connectivity index (χ0n) is 14.0. The molecule has 26 heavy (non-hydrogen) atoms. The minimum atomic E-state index is -0.0885. The monoisotopic (exact) mass is 439 g/mol. The number of fused-ring (bicyclic) bond motifs is 1. The number of hydrogen-bond acceptors (Lipinski definition) is 7. The van der Waals surface area contributed by atoms with E-state index in [0.717, 1.165) is 22.9 Å². The van der Waals surface area contributed by atoms with Crippen LogP contribution in [0.5, 0.6) is 0 Å². The molecular formula is C16H18BrN5O3S. The molecule has 1 amide bonds. The van der Waals surface area contributed by atoms with Crippen molar-refractivity contribution in [2.24, 2.45) is 5.16 Å². The number of halogens is 1. The number of thioether (sulfide) groups is 1. The predicted molar refractivity (Wildman–Crippen MR) is 100 cm³/mol. The van der Waals surface area contributed by atoms with E-state index in [1.54, 1.807) is 0 Å². The number of aromatic nitrogens is 2. The molecule has 1 unspecified atom stereocenters. The number of carbonyl (C=O) groups is 1. The van der Waals surface area contributed by atoms with Crippen molar-refractivity contribution in [1.29, 1.82) is 0 Å². The Morgan fingerprint density at radius 1 is 1.50 bits per heavy atom. The van der Waals surface area contributed by atoms with Gasteiger partial charge in [-0.05, 0) is 46.4 Å². The summed E-state index contributed by atoms with van der Waals surface area (Å²) in [6.45, 7) is 1.96. The lowest BCUT2D eigenvalue weighted by atomic mass is 10.1. The van der Waals surface area contributed by atoms with Gasteiger partial charge in [0.1, 0.15) is 0 Å². The summed E-state index contributed by atoms with van der Waals surface area (Å²) in [7, 11) is 0. The summed E-state index contributed by atoms with van der Waals surface area (Å²) in [5, 5.41) is 27.0. The largest absolute Gasteiger partial charge is 0.409 e. The van der Waals surface area contributed by atoms with E-state index in [1.807, 2.05) is 6.07 Å². The maximum Gasteiger partial charge on any atom is 0.216 e. The van der Waals surface area contributed by atoms with E-state index >= 15 is 0 Å². The van der Waals surface area contributed by atoms with Gasteiger partial charge < -0.3 is 15.8 Å². The van der Waals surface area contributed by atoms with Gasteiger partial charge in [0.2, 0.25) is 5.91 Å². The Balaban J connectivity index is 1.69. The lowest BCUT2D eigenvalue weighted by Gasteiger charge is -2.15. The molecule has 0 spiro atoms. The topological polar surface area (TPSA) is 113 Å². The Bertz CT molecular complexity index is 826. The molecule has 10 heteroatoms. The third-order valence-corrected chi connectivity index (χ3v) is 5.44. The van der Waals surface area contributed by atoms with E-state index < -0.39 is 0 Å². The Morgan fingerprint density at radius 2 is 2.35 bits per heavy atom. The number of nitrogens with zero attached hydrogens (tertiary/aromatic N) is 3. The number of rotatable bonds is 6. The van der Waals surface area contributed by atoms with E-state index in [4.69, 9.17) is 4.63 Å². The fourth-order valence-electron chi connectivity index (χ4n) is 2.83. The minimum absolute atomic E-state index is 0.0160. The van der Waals surface area contributed by atoms with Crippen molar-refractivity contribution in [3.63, 3.8) is 0 Å². The molecule has 1 atom stereocenters. The molecule has 0 aliphatic heterocycles. The summed E-state index contributed by atoms with van der Waals surface area (Å²) in [6, 6.07) is 6.20. The van der Waals surface area contributed by atoms with E-state index in [-0.39, 0.29) is 17.8 Å². The van der Waals surface area contributed by atoms with Gasteiger partial charge in [0, 0.05) is 23.7 Å². The highest BCUT2D eigenvalue weighted by Crippen LogP contribution is 2.33. The zero-order chi connectivity index (χ0) is 18.5. The molecule has 1 aliphatic rings. The first kappa shape index (κ1) is 18.7. The van der Waals surface area contributed by atoms with Gasteiger partial charge >= 0.3 is 0 Å². The first-order valence-corrected chi connectivity index (χ1v) is 9.83. The van der Waals surface area contributed by atoms with Gasteiger partial charge in [-0.15, -0.1) is 0 Å². The lowest BCUT2D eigenvalue weighted by Crippen LogP contribution is -2.29. The van der Waals surface area contributed by atoms with Crippen LogP contribution in [0.4, 0.5) is 0 Å². The fourth-order valence-corrected chi connectivity index (χ4v) is 3.96. The van der Waals surface area contributed by atoms with Gasteiger partial charge in [-0.3, -0.25) is 4.79 Å². The number of amidine groups is 1. The van der Waals surface area contributed by atoms with E-state index in [0.29, 0.717) is 23.0 Å². The first-order chi connectivity index (χ1) is 12.6. The van der Waals surface area contributed by atoms with Gasteiger partial charge in [-0.2, -0.15) is 0 Å². The summed E-state index contributed by atoms with van der Waals surface area (Å²) >= 11 is 4.86. The molecule has 0 saturated heterocycles. The molecule has 0 bridgehead atoms. The van der Waals surface area contributed by atoms with Crippen molar-refractivity contribution in [3.05, 3.63) is 39.5 Å². The average Bonchev–Trinajstić information content (AvgIpc) is 3.23. The zero-order valence-corrected chi connectivity index (χ0v) is 16.4. The van der Waals surface area contributed by atoms with Crippen LogP contribution in [0.1, 0.15) is 36.2 Å². The van der Waals surface area contributed by atoms with Crippen molar-refractivity contribution in [2.45, 2.75) is 30.8 Å². The minimum Gasteiger partial charge on any atom is -0.409 e. The van der Waals surface area contributed by atoms with Crippen LogP contribution in [-0.4, -0.2) is 39.6 Å². The Kier molecular flexibility index (Phi) is 6.15. The summed E-state index contributed by atoms with van der Waals surface area (Å²) in [5.41, 5.74) is 2.78. The van der Waals surface area contributed by atoms with Crippen molar-refractivity contribution >= 4 is 39.4 Å². The second kappa shape index (κ2) is 8.54. The predicted octanol–water partition coefficient (Wildman–Crippen LogP) is 2.47. The molecule has 1 heterocycles. The number of oxime groups is 1. The molecular weight excluding hydrogens is 422 g/mol. The molecule has 0 radical (unpaired) electrons. The second-order valence-corrected chi connectivity index (χ2v) is 7.78. The van der Waals surface area contributed by atoms with Crippen molar-refractivity contribution in [2.75, 3.05) is 12.3 Å². The third-order valence-electron chi connectivity index (χ3n) is 3.99. The van der Waals surface area contributed by atoms with Gasteiger partial charge in [0.05, 0.1) is 6.04 Å². The summed E-state index contributed by atoms with van der Waals surface area (Å²) in [4.78, 5) is 10.9. The number of benzene rings is 1. The van der Waals surface area contributed by atoms with E-state index in [2.05, 4.69) is 54.2 Å². The quantitative estimate of drug-likeness (QED) is 0.158. The smallest absolute Gasteiger partial charge is 0.216 e. The van der Waals surface area contributed by atoms with Gasteiger partial charge in [-0.25, -0.2) is 4.63 Å². The van der Waals surface area contributed by atoms with Crippen LogP contribution in [0.15, 0.2) is 37.5 Å². The molecule has 1 aromatic heterocycles. The van der Waals surface area contributed by atoms with Crippen molar-refractivity contribution in [1.82, 2.24) is 20.9 Å². The number of amides is 1. The molecule has 1 aromatic carbocycles. The van der Waals surface area contributed by atoms with Crippen LogP contribution < -0.4 is 10.6 Å². The number of carbonyl (C=O) groups excluding carboxylic acids is 1. The highest BCUT2D eigenvalue weighted by atomic mass is 79.9. The first-order valence-electron chi connectivity index (χ1n) is 8.05. The van der Waals surface area contributed by atoms with Gasteiger partial charge in [-0.1, -0.05) is 38.9 Å². The summed E-state index contributed by atoms with van der Waals surface area (Å²) in [5.74, 6) is 0.721. The van der Waals surface area contributed by atoms with Gasteiger partial charge in [0.15, 0.2) is 16.6 Å². The Morgan fingerprint density at radius 3 is 3.12 bits per heavy atom. The molecule has 138 valence electrons. The van der Waals surface area contributed by atoms with Crippen LogP contribution in [0.3, 0.4) is 0 Å². The molecule has 2 aromatic rings. The average molecular weight is 440 g/mol. The van der Waals surface area contributed by atoms with E-state index in [1.165, 1.54) is 24.2 Å². The molecule has 3 rings (SSSR count). The Hall–Kier alpha value is -2.07. The molecule has 0 fully saturated rings. The molecule has 8 nitrogen and oxygen atoms in total. The maximum absolute atomic E-state index is 10.9. The molecule has 3 N–H and O–H groups in total. The third kappa shape index (κ3) is 4.36. The molecule has 1 aliphatic carbocycles. The lowest BCUT2D eigenvalue weighted by molar-refractivity contribution is -0.118. The second-order valence-electron chi connectivity index (χ2n) is 5.78. The summed E-state index contributed by atoms with van der Waals surface area (Å²) in [6.07, 6.45) is 1.84. The normalized spacial score (nSPS) is 16.4. The van der Waals surface area contributed by atoms with Crippen LogP contribution in [-0.2, 0) is 11.2 Å². The standard InChI is InChI=1S/C16H18BrN5O3S/c1-9(23)18-6-7-26-16-14(21-25-22-16)15(20-24)19-13-5-3-10-2-4-11(17)8-12(10)13/h2,4,8,13,24H,3,5-7H2,1H3,(H,18,23)(H,19,20). The fraction of sp³-hybridized carbons (Fsp3) is 0.375. The summed E-state index contributed by atoms with van der Waals surface area (Å²) < 4.78 is 5.82. The van der Waals surface area contributed by atoms with E-state index in [9.17, 15) is 10.0 Å². The maximum atomic E-state index is 10.9. The number of aryl methyl sites for hydroxylation is 1. The van der Waals surface area contributed by atoms with Crippen LogP contribution in [0, 0.1) is 0 Å². The SMILES string of the molecule is CC(=O)NCCSc1nonc1/C(=N\O)NC1CCc2ccc(Br)cc21.